The van der Waals surface area contributed by atoms with Crippen molar-refractivity contribution < 1.29 is 23.0 Å². The van der Waals surface area contributed by atoms with Crippen molar-refractivity contribution in [1.29, 1.82) is 0 Å². The summed E-state index contributed by atoms with van der Waals surface area (Å²) in [7, 11) is 0. The van der Waals surface area contributed by atoms with Gasteiger partial charge in [-0.05, 0) is 42.5 Å². The minimum atomic E-state index is -2.86. The fourth-order valence-electron chi connectivity index (χ4n) is 4.04. The predicted octanol–water partition coefficient (Wildman–Crippen LogP) is 7.14. The molecule has 1 saturated carbocycles. The number of esters is 1. The molecule has 1 aliphatic rings. The zero-order chi connectivity index (χ0) is 20.2. The molecule has 0 saturated heterocycles. The maximum atomic E-state index is 12.1. The molecule has 3 nitrogen and oxygen atoms in total. The molecule has 0 N–H and O–H groups in total. The second kappa shape index (κ2) is 12.7. The van der Waals surface area contributed by atoms with Crippen molar-refractivity contribution in [1.82, 2.24) is 0 Å². The van der Waals surface area contributed by atoms with Crippen molar-refractivity contribution in [2.45, 2.75) is 90.6 Å². The van der Waals surface area contributed by atoms with E-state index < -0.39 is 6.61 Å². The fraction of sp³-hybridized carbons (Fsp3) is 0.696. The Balaban J connectivity index is 1.58. The molecule has 0 aliphatic heterocycles. The van der Waals surface area contributed by atoms with E-state index in [2.05, 4.69) is 11.7 Å². The van der Waals surface area contributed by atoms with Crippen LogP contribution in [0.15, 0.2) is 24.3 Å². The summed E-state index contributed by atoms with van der Waals surface area (Å²) in [5.41, 5.74) is 0. The van der Waals surface area contributed by atoms with Crippen LogP contribution >= 0.6 is 0 Å². The number of carbonyl (C=O) groups is 1. The zero-order valence-corrected chi connectivity index (χ0v) is 17.0. The summed E-state index contributed by atoms with van der Waals surface area (Å²) in [6.07, 6.45) is 14.4. The van der Waals surface area contributed by atoms with E-state index in [1.54, 1.807) is 0 Å². The van der Waals surface area contributed by atoms with Crippen LogP contribution in [-0.4, -0.2) is 12.6 Å². The molecule has 0 bridgehead atoms. The smallest absolute Gasteiger partial charge is 0.387 e. The number of halogens is 2. The third-order valence-electron chi connectivity index (χ3n) is 5.72. The van der Waals surface area contributed by atoms with Crippen LogP contribution in [0.4, 0.5) is 8.78 Å². The summed E-state index contributed by atoms with van der Waals surface area (Å²) in [5.74, 6) is 1.64. The number of hydrogen-bond donors (Lipinski definition) is 0. The number of rotatable bonds is 12. The number of carbonyl (C=O) groups excluding carboxylic acids is 1. The normalized spacial score (nSPS) is 19.6. The lowest BCUT2D eigenvalue weighted by Crippen LogP contribution is -2.17. The van der Waals surface area contributed by atoms with Crippen molar-refractivity contribution in [3.05, 3.63) is 24.3 Å². The minimum Gasteiger partial charge on any atom is -0.435 e. The number of alkyl halides is 2. The van der Waals surface area contributed by atoms with E-state index in [4.69, 9.17) is 4.74 Å². The Morgan fingerprint density at radius 3 is 2.11 bits per heavy atom. The van der Waals surface area contributed by atoms with Crippen LogP contribution in [0.5, 0.6) is 11.5 Å². The molecule has 0 heterocycles. The van der Waals surface area contributed by atoms with E-state index in [9.17, 15) is 13.6 Å². The van der Waals surface area contributed by atoms with Gasteiger partial charge in [-0.3, -0.25) is 4.79 Å². The SMILES string of the molecule is CCCCCCCC1CCC(CCC(=O)Oc2ccc(OC(F)F)cc2)CC1. The van der Waals surface area contributed by atoms with Crippen molar-refractivity contribution in [3.8, 4) is 11.5 Å². The summed E-state index contributed by atoms with van der Waals surface area (Å²) < 4.78 is 33.8. The summed E-state index contributed by atoms with van der Waals surface area (Å²) >= 11 is 0. The van der Waals surface area contributed by atoms with Gasteiger partial charge in [0.05, 0.1) is 0 Å². The second-order valence-corrected chi connectivity index (χ2v) is 7.95. The molecule has 1 aliphatic carbocycles. The molecular formula is C23H34F2O3. The molecular weight excluding hydrogens is 362 g/mol. The van der Waals surface area contributed by atoms with Crippen LogP contribution in [0.2, 0.25) is 0 Å². The van der Waals surface area contributed by atoms with Crippen LogP contribution in [0.1, 0.15) is 84.0 Å². The molecule has 0 atom stereocenters. The molecule has 0 radical (unpaired) electrons. The molecule has 5 heteroatoms. The third kappa shape index (κ3) is 9.03. The fourth-order valence-corrected chi connectivity index (χ4v) is 4.04. The molecule has 28 heavy (non-hydrogen) atoms. The summed E-state index contributed by atoms with van der Waals surface area (Å²) in [6, 6.07) is 5.69. The van der Waals surface area contributed by atoms with Gasteiger partial charge in [-0.25, -0.2) is 0 Å². The predicted molar refractivity (Wildman–Crippen MR) is 107 cm³/mol. The van der Waals surface area contributed by atoms with Crippen LogP contribution in [0.3, 0.4) is 0 Å². The highest BCUT2D eigenvalue weighted by molar-refractivity contribution is 5.72. The van der Waals surface area contributed by atoms with Crippen molar-refractivity contribution in [3.63, 3.8) is 0 Å². The molecule has 0 amide bonds. The topological polar surface area (TPSA) is 35.5 Å². The Morgan fingerprint density at radius 2 is 1.50 bits per heavy atom. The molecule has 158 valence electrons. The lowest BCUT2D eigenvalue weighted by Gasteiger charge is -2.28. The van der Waals surface area contributed by atoms with Gasteiger partial charge in [0.25, 0.3) is 0 Å². The first-order valence-electron chi connectivity index (χ1n) is 10.8. The highest BCUT2D eigenvalue weighted by Crippen LogP contribution is 2.34. The molecule has 1 aromatic rings. The minimum absolute atomic E-state index is 0.0527. The van der Waals surface area contributed by atoms with Crippen molar-refractivity contribution >= 4 is 5.97 Å². The van der Waals surface area contributed by atoms with E-state index in [1.165, 1.54) is 88.5 Å². The van der Waals surface area contributed by atoms with Crippen LogP contribution in [0, 0.1) is 11.8 Å². The summed E-state index contributed by atoms with van der Waals surface area (Å²) in [4.78, 5) is 12.0. The molecule has 0 unspecified atom stereocenters. The van der Waals surface area contributed by atoms with Crippen LogP contribution in [-0.2, 0) is 4.79 Å². The first kappa shape index (κ1) is 22.6. The van der Waals surface area contributed by atoms with Crippen molar-refractivity contribution in [2.75, 3.05) is 0 Å². The Hall–Kier alpha value is -1.65. The van der Waals surface area contributed by atoms with Gasteiger partial charge in [0, 0.05) is 6.42 Å². The van der Waals surface area contributed by atoms with Crippen LogP contribution in [0.25, 0.3) is 0 Å². The maximum absolute atomic E-state index is 12.1. The average Bonchev–Trinajstić information content (AvgIpc) is 2.68. The number of unbranched alkanes of at least 4 members (excludes halogenated alkanes) is 4. The highest BCUT2D eigenvalue weighted by Gasteiger charge is 2.21. The summed E-state index contributed by atoms with van der Waals surface area (Å²) in [6.45, 7) is -0.608. The molecule has 1 aromatic carbocycles. The Labute approximate surface area is 167 Å². The van der Waals surface area contributed by atoms with Gasteiger partial charge in [0.2, 0.25) is 0 Å². The van der Waals surface area contributed by atoms with Crippen molar-refractivity contribution in [2.24, 2.45) is 11.8 Å². The van der Waals surface area contributed by atoms with Gasteiger partial charge in [-0.15, -0.1) is 0 Å². The Kier molecular flexibility index (Phi) is 10.3. The van der Waals surface area contributed by atoms with E-state index >= 15 is 0 Å². The van der Waals surface area contributed by atoms with Gasteiger partial charge in [0.15, 0.2) is 0 Å². The van der Waals surface area contributed by atoms with Gasteiger partial charge in [0.1, 0.15) is 11.5 Å². The molecule has 1 fully saturated rings. The molecule has 2 rings (SSSR count). The number of benzene rings is 1. The molecule has 0 aromatic heterocycles. The largest absolute Gasteiger partial charge is 0.435 e. The Morgan fingerprint density at radius 1 is 0.929 bits per heavy atom. The van der Waals surface area contributed by atoms with Gasteiger partial charge >= 0.3 is 12.6 Å². The molecule has 0 spiro atoms. The number of ether oxygens (including phenoxy) is 2. The van der Waals surface area contributed by atoms with Gasteiger partial charge in [-0.2, -0.15) is 8.78 Å². The maximum Gasteiger partial charge on any atom is 0.387 e. The first-order chi connectivity index (χ1) is 13.6. The lowest BCUT2D eigenvalue weighted by molar-refractivity contribution is -0.134. The summed E-state index contributed by atoms with van der Waals surface area (Å²) in [5, 5.41) is 0. The lowest BCUT2D eigenvalue weighted by atomic mass is 9.78. The van der Waals surface area contributed by atoms with E-state index in [0.29, 0.717) is 18.1 Å². The highest BCUT2D eigenvalue weighted by atomic mass is 19.3. The average molecular weight is 397 g/mol. The Bertz CT molecular complexity index is 551. The number of hydrogen-bond acceptors (Lipinski definition) is 3. The van der Waals surface area contributed by atoms with E-state index in [0.717, 1.165) is 12.3 Å². The van der Waals surface area contributed by atoms with E-state index in [1.807, 2.05) is 0 Å². The zero-order valence-electron chi connectivity index (χ0n) is 17.0. The van der Waals surface area contributed by atoms with Gasteiger partial charge in [-0.1, -0.05) is 71.1 Å². The monoisotopic (exact) mass is 396 g/mol. The first-order valence-corrected chi connectivity index (χ1v) is 10.8. The standard InChI is InChI=1S/C23H34F2O3/c1-2-3-4-5-6-7-18-8-10-19(11-9-18)12-17-22(26)27-20-13-15-21(16-14-20)28-23(24)25/h13-16,18-19,23H,2-12,17H2,1H3. The van der Waals surface area contributed by atoms with Gasteiger partial charge < -0.3 is 9.47 Å². The van der Waals surface area contributed by atoms with E-state index in [-0.39, 0.29) is 11.7 Å². The second-order valence-electron chi connectivity index (χ2n) is 7.95. The van der Waals surface area contributed by atoms with Crippen LogP contribution < -0.4 is 9.47 Å². The third-order valence-corrected chi connectivity index (χ3v) is 5.72. The quantitative estimate of drug-likeness (QED) is 0.214.